The van der Waals surface area contributed by atoms with E-state index in [0.29, 0.717) is 17.8 Å². The summed E-state index contributed by atoms with van der Waals surface area (Å²) in [7, 11) is 0. The molecule has 0 unspecified atom stereocenters. The summed E-state index contributed by atoms with van der Waals surface area (Å²) in [6, 6.07) is 3.48. The average Bonchev–Trinajstić information content (AvgIpc) is 2.83. The van der Waals surface area contributed by atoms with Crippen LogP contribution in [-0.2, 0) is 6.54 Å². The smallest absolute Gasteiger partial charge is 0.185 e. The van der Waals surface area contributed by atoms with Crippen LogP contribution in [0.15, 0.2) is 16.5 Å². The lowest BCUT2D eigenvalue weighted by Gasteiger charge is -1.99. The Balaban J connectivity index is 2.54. The molecule has 16 heavy (non-hydrogen) atoms. The van der Waals surface area contributed by atoms with Gasteiger partial charge in [-0.15, -0.1) is 0 Å². The van der Waals surface area contributed by atoms with Crippen molar-refractivity contribution in [3.63, 3.8) is 0 Å². The summed E-state index contributed by atoms with van der Waals surface area (Å²) in [6.07, 6.45) is 0.707. The summed E-state index contributed by atoms with van der Waals surface area (Å²) < 4.78 is 7.34. The molecule has 0 aliphatic rings. The minimum Gasteiger partial charge on any atom is -0.453 e. The Bertz CT molecular complexity index is 523. The first-order valence-electron chi connectivity index (χ1n) is 5.26. The van der Waals surface area contributed by atoms with Crippen molar-refractivity contribution in [2.24, 2.45) is 0 Å². The molecule has 0 radical (unpaired) electrons. The number of furan rings is 1. The Morgan fingerprint density at radius 2 is 2.19 bits per heavy atom. The molecule has 0 aliphatic heterocycles. The van der Waals surface area contributed by atoms with E-state index in [1.54, 1.807) is 12.1 Å². The van der Waals surface area contributed by atoms with Gasteiger partial charge < -0.3 is 4.42 Å². The van der Waals surface area contributed by atoms with Crippen LogP contribution in [0.25, 0.3) is 11.3 Å². The molecule has 2 heterocycles. The average molecular weight is 218 g/mol. The second-order valence-corrected chi connectivity index (χ2v) is 3.68. The Kier molecular flexibility index (Phi) is 2.64. The van der Waals surface area contributed by atoms with E-state index < -0.39 is 0 Å². The number of rotatable bonds is 3. The second-order valence-electron chi connectivity index (χ2n) is 3.68. The maximum atomic E-state index is 10.6. The summed E-state index contributed by atoms with van der Waals surface area (Å²) in [6.45, 7) is 6.82. The quantitative estimate of drug-likeness (QED) is 0.744. The van der Waals surface area contributed by atoms with Gasteiger partial charge in [0.05, 0.1) is 11.3 Å². The second kappa shape index (κ2) is 3.96. The molecule has 2 aromatic heterocycles. The highest BCUT2D eigenvalue weighted by Gasteiger charge is 2.15. The van der Waals surface area contributed by atoms with Gasteiger partial charge in [-0.3, -0.25) is 9.48 Å². The lowest BCUT2D eigenvalue weighted by Crippen LogP contribution is -1.98. The van der Waals surface area contributed by atoms with Crippen LogP contribution in [0.3, 0.4) is 0 Å². The molecular weight excluding hydrogens is 204 g/mol. The van der Waals surface area contributed by atoms with E-state index in [0.717, 1.165) is 23.5 Å². The van der Waals surface area contributed by atoms with E-state index in [2.05, 4.69) is 5.10 Å². The number of hydrogen-bond donors (Lipinski definition) is 0. The lowest BCUT2D eigenvalue weighted by atomic mass is 10.1. The maximum absolute atomic E-state index is 10.6. The molecular formula is C12H14N2O2. The number of nitrogens with zero attached hydrogens (tertiary/aromatic N) is 2. The predicted molar refractivity (Wildman–Crippen MR) is 60.5 cm³/mol. The normalized spacial score (nSPS) is 10.7. The number of aldehydes is 1. The number of carbonyl (C=O) groups excluding carboxylic acids is 1. The van der Waals surface area contributed by atoms with Crippen LogP contribution in [0.5, 0.6) is 0 Å². The number of hydrogen-bond acceptors (Lipinski definition) is 3. The Labute approximate surface area is 93.9 Å². The van der Waals surface area contributed by atoms with Crippen LogP contribution in [0.2, 0.25) is 0 Å². The van der Waals surface area contributed by atoms with Gasteiger partial charge in [-0.25, -0.2) is 0 Å². The molecule has 0 spiro atoms. The van der Waals surface area contributed by atoms with E-state index in [-0.39, 0.29) is 0 Å². The van der Waals surface area contributed by atoms with Gasteiger partial charge in [-0.05, 0) is 32.9 Å². The zero-order valence-electron chi connectivity index (χ0n) is 9.65. The minimum atomic E-state index is 0.345. The number of carbonyl (C=O) groups is 1. The summed E-state index contributed by atoms with van der Waals surface area (Å²) >= 11 is 0. The summed E-state index contributed by atoms with van der Waals surface area (Å²) in [5.74, 6) is 1.05. The molecule has 4 heteroatoms. The van der Waals surface area contributed by atoms with Crippen molar-refractivity contribution >= 4 is 6.29 Å². The number of aryl methyl sites for hydroxylation is 2. The molecule has 84 valence electrons. The third-order valence-corrected chi connectivity index (χ3v) is 2.67. The van der Waals surface area contributed by atoms with Crippen molar-refractivity contribution in [2.45, 2.75) is 27.3 Å². The fourth-order valence-corrected chi connectivity index (χ4v) is 1.91. The van der Waals surface area contributed by atoms with Crippen LogP contribution in [0.4, 0.5) is 0 Å². The van der Waals surface area contributed by atoms with Crippen LogP contribution in [0.1, 0.15) is 28.9 Å². The molecule has 0 bridgehead atoms. The van der Waals surface area contributed by atoms with Gasteiger partial charge in [0.1, 0.15) is 5.76 Å². The van der Waals surface area contributed by atoms with Crippen molar-refractivity contribution in [3.05, 3.63) is 29.3 Å². The van der Waals surface area contributed by atoms with Crippen LogP contribution in [0, 0.1) is 13.8 Å². The van der Waals surface area contributed by atoms with Gasteiger partial charge in [0.25, 0.3) is 0 Å². The Morgan fingerprint density at radius 3 is 2.69 bits per heavy atom. The molecule has 4 nitrogen and oxygen atoms in total. The fraction of sp³-hybridized carbons (Fsp3) is 0.333. The summed E-state index contributed by atoms with van der Waals surface area (Å²) in [5.41, 5.74) is 2.97. The molecule has 0 N–H and O–H groups in total. The molecule has 2 aromatic rings. The van der Waals surface area contributed by atoms with Crippen molar-refractivity contribution < 1.29 is 9.21 Å². The van der Waals surface area contributed by atoms with Crippen molar-refractivity contribution in [1.29, 1.82) is 0 Å². The van der Waals surface area contributed by atoms with Crippen molar-refractivity contribution in [1.82, 2.24) is 9.78 Å². The highest BCUT2D eigenvalue weighted by atomic mass is 16.3. The molecule has 0 atom stereocenters. The molecule has 0 fully saturated rings. The Morgan fingerprint density at radius 1 is 1.44 bits per heavy atom. The zero-order valence-corrected chi connectivity index (χ0v) is 9.65. The molecule has 0 saturated carbocycles. The van der Waals surface area contributed by atoms with Crippen LogP contribution >= 0.6 is 0 Å². The lowest BCUT2D eigenvalue weighted by molar-refractivity contribution is 0.110. The van der Waals surface area contributed by atoms with Gasteiger partial charge in [-0.1, -0.05) is 0 Å². The zero-order chi connectivity index (χ0) is 11.7. The van der Waals surface area contributed by atoms with Gasteiger partial charge in [0, 0.05) is 12.2 Å². The topological polar surface area (TPSA) is 48.0 Å². The molecule has 0 saturated heterocycles. The first-order chi connectivity index (χ1) is 7.67. The molecule has 0 aromatic carbocycles. The first-order valence-corrected chi connectivity index (χ1v) is 5.26. The van der Waals surface area contributed by atoms with Gasteiger partial charge in [-0.2, -0.15) is 5.10 Å². The van der Waals surface area contributed by atoms with Crippen LogP contribution in [-0.4, -0.2) is 16.1 Å². The fourth-order valence-electron chi connectivity index (χ4n) is 1.91. The standard InChI is InChI=1S/C12H14N2O2/c1-4-14-9(3)12(8(2)13-14)11-6-5-10(7-15)16-11/h5-7H,4H2,1-3H3. The van der Waals surface area contributed by atoms with E-state index in [4.69, 9.17) is 4.42 Å². The van der Waals surface area contributed by atoms with E-state index >= 15 is 0 Å². The van der Waals surface area contributed by atoms with Gasteiger partial charge in [0.15, 0.2) is 12.0 Å². The molecule has 2 rings (SSSR count). The summed E-state index contributed by atoms with van der Waals surface area (Å²) in [5, 5.41) is 4.41. The highest BCUT2D eigenvalue weighted by Crippen LogP contribution is 2.28. The van der Waals surface area contributed by atoms with Crippen LogP contribution < -0.4 is 0 Å². The highest BCUT2D eigenvalue weighted by molar-refractivity contribution is 5.73. The molecule has 0 aliphatic carbocycles. The minimum absolute atomic E-state index is 0.345. The summed E-state index contributed by atoms with van der Waals surface area (Å²) in [4.78, 5) is 10.6. The SMILES string of the molecule is CCn1nc(C)c(-c2ccc(C=O)o2)c1C. The third kappa shape index (κ3) is 1.56. The maximum Gasteiger partial charge on any atom is 0.185 e. The van der Waals surface area contributed by atoms with Crippen molar-refractivity contribution in [3.8, 4) is 11.3 Å². The van der Waals surface area contributed by atoms with E-state index in [1.165, 1.54) is 0 Å². The van der Waals surface area contributed by atoms with E-state index in [1.807, 2.05) is 25.5 Å². The number of aromatic nitrogens is 2. The predicted octanol–water partition coefficient (Wildman–Crippen LogP) is 2.59. The largest absolute Gasteiger partial charge is 0.453 e. The third-order valence-electron chi connectivity index (χ3n) is 2.67. The molecule has 0 amide bonds. The Hall–Kier alpha value is -1.84. The first kappa shape index (κ1) is 10.7. The van der Waals surface area contributed by atoms with Crippen molar-refractivity contribution in [2.75, 3.05) is 0 Å². The monoisotopic (exact) mass is 218 g/mol. The van der Waals surface area contributed by atoms with E-state index in [9.17, 15) is 4.79 Å². The van der Waals surface area contributed by atoms with Gasteiger partial charge >= 0.3 is 0 Å². The van der Waals surface area contributed by atoms with Gasteiger partial charge in [0.2, 0.25) is 0 Å².